The number of nitrogens with zero attached hydrogens (tertiary/aromatic N) is 2. The molecule has 31 heavy (non-hydrogen) atoms. The van der Waals surface area contributed by atoms with Crippen LogP contribution >= 0.6 is 0 Å². The van der Waals surface area contributed by atoms with Crippen LogP contribution in [0.15, 0.2) is 77.8 Å². The molecule has 0 spiro atoms. The van der Waals surface area contributed by atoms with Gasteiger partial charge in [0.05, 0.1) is 16.8 Å². The second kappa shape index (κ2) is 8.09. The van der Waals surface area contributed by atoms with Gasteiger partial charge in [0.25, 0.3) is 0 Å². The van der Waals surface area contributed by atoms with Crippen molar-refractivity contribution in [3.05, 3.63) is 89.7 Å². The van der Waals surface area contributed by atoms with E-state index in [0.29, 0.717) is 5.56 Å². The first-order valence-electron chi connectivity index (χ1n) is 9.94. The Labute approximate surface area is 181 Å². The molecule has 0 aliphatic carbocycles. The van der Waals surface area contributed by atoms with Crippen molar-refractivity contribution in [3.8, 4) is 5.69 Å². The molecule has 4 rings (SSSR count). The standard InChI is InChI=1S/C24H23N3O3S/c1-16(26-31(29,30)21-13-11-19(12-14-21)18(3)28)23-15-25-27(17(23)2)24-10-6-8-20-7-4-5-9-22(20)24/h4-16,26H,1-3H3/t16-/m0/s1. The zero-order valence-electron chi connectivity index (χ0n) is 17.5. The third-order valence-corrected chi connectivity index (χ3v) is 6.97. The highest BCUT2D eigenvalue weighted by Crippen LogP contribution is 2.26. The number of hydrogen-bond acceptors (Lipinski definition) is 4. The summed E-state index contributed by atoms with van der Waals surface area (Å²) in [4.78, 5) is 11.5. The Bertz CT molecular complexity index is 1370. The predicted octanol–water partition coefficient (Wildman–Crippen LogP) is 4.58. The lowest BCUT2D eigenvalue weighted by molar-refractivity contribution is 0.101. The van der Waals surface area contributed by atoms with Gasteiger partial charge in [-0.3, -0.25) is 4.79 Å². The maximum absolute atomic E-state index is 12.8. The summed E-state index contributed by atoms with van der Waals surface area (Å²) in [5.74, 6) is -0.109. The first kappa shape index (κ1) is 21.0. The molecule has 0 unspecified atom stereocenters. The van der Waals surface area contributed by atoms with Crippen LogP contribution in [0.3, 0.4) is 0 Å². The summed E-state index contributed by atoms with van der Waals surface area (Å²) >= 11 is 0. The number of Topliss-reactive ketones (excluding diaryl/α,β-unsaturated/α-hetero) is 1. The summed E-state index contributed by atoms with van der Waals surface area (Å²) in [6.07, 6.45) is 1.70. The highest BCUT2D eigenvalue weighted by molar-refractivity contribution is 7.89. The summed E-state index contributed by atoms with van der Waals surface area (Å²) in [6.45, 7) is 5.16. The molecule has 0 aliphatic heterocycles. The smallest absolute Gasteiger partial charge is 0.241 e. The molecule has 6 nitrogen and oxygen atoms in total. The Morgan fingerprint density at radius 2 is 1.68 bits per heavy atom. The van der Waals surface area contributed by atoms with Crippen LogP contribution in [0.1, 0.15) is 41.5 Å². The maximum Gasteiger partial charge on any atom is 0.241 e. The molecule has 1 N–H and O–H groups in total. The molecule has 0 aliphatic rings. The molecule has 3 aromatic carbocycles. The van der Waals surface area contributed by atoms with Gasteiger partial charge in [-0.15, -0.1) is 0 Å². The van der Waals surface area contributed by atoms with Crippen LogP contribution in [0.2, 0.25) is 0 Å². The van der Waals surface area contributed by atoms with Crippen molar-refractivity contribution in [1.29, 1.82) is 0 Å². The number of hydrogen-bond donors (Lipinski definition) is 1. The number of nitrogens with one attached hydrogen (secondary N) is 1. The number of benzene rings is 3. The molecule has 0 radical (unpaired) electrons. The Balaban J connectivity index is 1.63. The molecule has 0 fully saturated rings. The van der Waals surface area contributed by atoms with Crippen molar-refractivity contribution in [2.24, 2.45) is 0 Å². The van der Waals surface area contributed by atoms with Crippen LogP contribution in [-0.2, 0) is 10.0 Å². The Hall–Kier alpha value is -3.29. The third kappa shape index (κ3) is 4.02. The number of ketones is 1. The second-order valence-electron chi connectivity index (χ2n) is 7.52. The number of carbonyl (C=O) groups is 1. The van der Waals surface area contributed by atoms with Crippen molar-refractivity contribution >= 4 is 26.6 Å². The van der Waals surface area contributed by atoms with Crippen molar-refractivity contribution in [2.45, 2.75) is 31.7 Å². The van der Waals surface area contributed by atoms with E-state index in [0.717, 1.165) is 27.7 Å². The number of rotatable bonds is 6. The largest absolute Gasteiger partial charge is 0.295 e. The van der Waals surface area contributed by atoms with Gasteiger partial charge in [-0.1, -0.05) is 48.5 Å². The molecule has 0 bridgehead atoms. The first-order valence-corrected chi connectivity index (χ1v) is 11.4. The zero-order chi connectivity index (χ0) is 22.2. The number of fused-ring (bicyclic) bond motifs is 1. The summed E-state index contributed by atoms with van der Waals surface area (Å²) in [5, 5.41) is 6.72. The van der Waals surface area contributed by atoms with Gasteiger partial charge in [-0.25, -0.2) is 17.8 Å². The van der Waals surface area contributed by atoms with E-state index in [2.05, 4.69) is 9.82 Å². The van der Waals surface area contributed by atoms with Gasteiger partial charge in [0.2, 0.25) is 10.0 Å². The minimum Gasteiger partial charge on any atom is -0.295 e. The molecule has 1 aromatic heterocycles. The average molecular weight is 434 g/mol. The van der Waals surface area contributed by atoms with Crippen LogP contribution in [0.5, 0.6) is 0 Å². The second-order valence-corrected chi connectivity index (χ2v) is 9.23. The first-order chi connectivity index (χ1) is 14.8. The molecule has 7 heteroatoms. The summed E-state index contributed by atoms with van der Waals surface area (Å²) in [6, 6.07) is 19.5. The van der Waals surface area contributed by atoms with E-state index < -0.39 is 16.1 Å². The van der Waals surface area contributed by atoms with Gasteiger partial charge in [0, 0.05) is 28.2 Å². The number of carbonyl (C=O) groups excluding carboxylic acids is 1. The quantitative estimate of drug-likeness (QED) is 0.452. The molecule has 0 saturated heterocycles. The average Bonchev–Trinajstić information content (AvgIpc) is 3.14. The van der Waals surface area contributed by atoms with Crippen LogP contribution in [0, 0.1) is 6.92 Å². The normalized spacial score (nSPS) is 12.7. The maximum atomic E-state index is 12.8. The van der Waals surface area contributed by atoms with Crippen LogP contribution in [0.25, 0.3) is 16.5 Å². The number of aromatic nitrogens is 2. The zero-order valence-corrected chi connectivity index (χ0v) is 18.3. The molecule has 4 aromatic rings. The highest BCUT2D eigenvalue weighted by atomic mass is 32.2. The fourth-order valence-electron chi connectivity index (χ4n) is 3.72. The van der Waals surface area contributed by atoms with E-state index in [4.69, 9.17) is 0 Å². The fourth-order valence-corrected chi connectivity index (χ4v) is 4.94. The van der Waals surface area contributed by atoms with E-state index in [9.17, 15) is 13.2 Å². The Morgan fingerprint density at radius 1 is 1.00 bits per heavy atom. The molecule has 0 saturated carbocycles. The van der Waals surface area contributed by atoms with Crippen LogP contribution in [-0.4, -0.2) is 24.0 Å². The van der Waals surface area contributed by atoms with E-state index in [1.165, 1.54) is 31.2 Å². The monoisotopic (exact) mass is 433 g/mol. The van der Waals surface area contributed by atoms with Crippen molar-refractivity contribution < 1.29 is 13.2 Å². The topological polar surface area (TPSA) is 81.1 Å². The van der Waals surface area contributed by atoms with E-state index in [1.807, 2.05) is 54.1 Å². The SMILES string of the molecule is CC(=O)c1ccc(S(=O)(=O)N[C@@H](C)c2cnn(-c3cccc4ccccc34)c2C)cc1. The van der Waals surface area contributed by atoms with E-state index in [-0.39, 0.29) is 10.7 Å². The Kier molecular flexibility index (Phi) is 5.47. The summed E-state index contributed by atoms with van der Waals surface area (Å²) in [7, 11) is -3.76. The minimum atomic E-state index is -3.76. The summed E-state index contributed by atoms with van der Waals surface area (Å²) < 4.78 is 30.2. The summed E-state index contributed by atoms with van der Waals surface area (Å²) in [5.41, 5.74) is 3.06. The van der Waals surface area contributed by atoms with Gasteiger partial charge in [0.1, 0.15) is 0 Å². The molecule has 1 atom stereocenters. The van der Waals surface area contributed by atoms with Gasteiger partial charge >= 0.3 is 0 Å². The van der Waals surface area contributed by atoms with Crippen molar-refractivity contribution in [3.63, 3.8) is 0 Å². The lowest BCUT2D eigenvalue weighted by Gasteiger charge is -2.15. The van der Waals surface area contributed by atoms with E-state index >= 15 is 0 Å². The van der Waals surface area contributed by atoms with Crippen LogP contribution < -0.4 is 4.72 Å². The van der Waals surface area contributed by atoms with Crippen molar-refractivity contribution in [1.82, 2.24) is 14.5 Å². The lowest BCUT2D eigenvalue weighted by atomic mass is 10.1. The van der Waals surface area contributed by atoms with Gasteiger partial charge in [0.15, 0.2) is 5.78 Å². The van der Waals surface area contributed by atoms with Gasteiger partial charge in [-0.2, -0.15) is 5.10 Å². The molecule has 0 amide bonds. The van der Waals surface area contributed by atoms with Gasteiger partial charge < -0.3 is 0 Å². The van der Waals surface area contributed by atoms with Crippen LogP contribution in [0.4, 0.5) is 0 Å². The Morgan fingerprint density at radius 3 is 2.39 bits per heavy atom. The molecule has 158 valence electrons. The molecular formula is C24H23N3O3S. The molecular weight excluding hydrogens is 410 g/mol. The highest BCUT2D eigenvalue weighted by Gasteiger charge is 2.22. The predicted molar refractivity (Wildman–Crippen MR) is 121 cm³/mol. The lowest BCUT2D eigenvalue weighted by Crippen LogP contribution is -2.27. The minimum absolute atomic E-state index is 0.109. The van der Waals surface area contributed by atoms with E-state index in [1.54, 1.807) is 13.1 Å². The number of sulfonamides is 1. The third-order valence-electron chi connectivity index (χ3n) is 5.41. The van der Waals surface area contributed by atoms with Crippen molar-refractivity contribution in [2.75, 3.05) is 0 Å². The van der Waals surface area contributed by atoms with Gasteiger partial charge in [-0.05, 0) is 44.4 Å². The molecule has 1 heterocycles. The fraction of sp³-hybridized carbons (Fsp3) is 0.167.